The van der Waals surface area contributed by atoms with Crippen molar-refractivity contribution in [2.45, 2.75) is 44.9 Å². The molecule has 2 heterocycles. The van der Waals surface area contributed by atoms with Crippen LogP contribution in [0, 0.1) is 5.41 Å². The van der Waals surface area contributed by atoms with Gasteiger partial charge in [-0.3, -0.25) is 0 Å². The Morgan fingerprint density at radius 3 is 2.69 bits per heavy atom. The minimum atomic E-state index is 0.337. The number of nitrogens with zero attached hydrogens (tertiary/aromatic N) is 2. The molecule has 1 aliphatic heterocycles. The summed E-state index contributed by atoms with van der Waals surface area (Å²) in [7, 11) is 0. The molecule has 1 aliphatic carbocycles. The summed E-state index contributed by atoms with van der Waals surface area (Å²) >= 11 is 0. The summed E-state index contributed by atoms with van der Waals surface area (Å²) in [4.78, 5) is 0. The van der Waals surface area contributed by atoms with Crippen LogP contribution in [0.3, 0.4) is 0 Å². The van der Waals surface area contributed by atoms with Gasteiger partial charge >= 0.3 is 0 Å². The van der Waals surface area contributed by atoms with Crippen LogP contribution in [0.15, 0.2) is 4.42 Å². The molecule has 0 unspecified atom stereocenters. The van der Waals surface area contributed by atoms with Crippen molar-refractivity contribution < 1.29 is 4.42 Å². The third kappa shape index (κ3) is 1.56. The highest BCUT2D eigenvalue weighted by atomic mass is 16.4. The fraction of sp³-hybridized carbons (Fsp3) is 0.833. The second-order valence-electron chi connectivity index (χ2n) is 5.50. The minimum absolute atomic E-state index is 0.337. The van der Waals surface area contributed by atoms with E-state index in [1.807, 2.05) is 0 Å². The highest BCUT2D eigenvalue weighted by Gasteiger charge is 2.57. The number of rotatable bonds is 2. The Bertz CT molecular complexity index is 379. The van der Waals surface area contributed by atoms with Gasteiger partial charge in [-0.1, -0.05) is 13.8 Å². The number of hydrogen-bond acceptors (Lipinski definition) is 4. The average molecular weight is 221 g/mol. The molecule has 1 aromatic rings. The van der Waals surface area contributed by atoms with Gasteiger partial charge in [0.25, 0.3) is 0 Å². The largest absolute Gasteiger partial charge is 0.425 e. The molecule has 4 nitrogen and oxygen atoms in total. The fourth-order valence-corrected chi connectivity index (χ4v) is 2.79. The van der Waals surface area contributed by atoms with Crippen LogP contribution in [0.5, 0.6) is 0 Å². The van der Waals surface area contributed by atoms with Gasteiger partial charge in [0.05, 0.1) is 0 Å². The van der Waals surface area contributed by atoms with Crippen LogP contribution in [0.4, 0.5) is 0 Å². The standard InChI is InChI=1S/C12H19N3O/c1-8(2)10-14-15-11(16-10)9-7-12(9)3-5-13-6-4-12/h8-9,13H,3-7H2,1-2H3/t9-/m1/s1. The van der Waals surface area contributed by atoms with Crippen LogP contribution in [-0.4, -0.2) is 23.3 Å². The summed E-state index contributed by atoms with van der Waals surface area (Å²) in [5, 5.41) is 11.7. The van der Waals surface area contributed by atoms with Gasteiger partial charge in [0, 0.05) is 11.8 Å². The summed E-state index contributed by atoms with van der Waals surface area (Å²) in [5.74, 6) is 2.54. The maximum Gasteiger partial charge on any atom is 0.220 e. The first-order valence-corrected chi connectivity index (χ1v) is 6.25. The SMILES string of the molecule is CC(C)c1nnc([C@H]2CC23CCNCC3)o1. The van der Waals surface area contributed by atoms with Gasteiger partial charge in [0.1, 0.15) is 0 Å². The lowest BCUT2D eigenvalue weighted by Crippen LogP contribution is -2.29. The van der Waals surface area contributed by atoms with Gasteiger partial charge < -0.3 is 9.73 Å². The van der Waals surface area contributed by atoms with E-state index in [2.05, 4.69) is 29.4 Å². The van der Waals surface area contributed by atoms with Gasteiger partial charge in [0.2, 0.25) is 11.8 Å². The monoisotopic (exact) mass is 221 g/mol. The second-order valence-corrected chi connectivity index (χ2v) is 5.50. The number of piperidine rings is 1. The lowest BCUT2D eigenvalue weighted by molar-refractivity contribution is 0.323. The predicted octanol–water partition coefficient (Wildman–Crippen LogP) is 2.05. The lowest BCUT2D eigenvalue weighted by Gasteiger charge is -2.22. The number of aromatic nitrogens is 2. The van der Waals surface area contributed by atoms with Crippen LogP contribution in [0.2, 0.25) is 0 Å². The molecule has 88 valence electrons. The van der Waals surface area contributed by atoms with E-state index in [0.29, 0.717) is 17.3 Å². The Hall–Kier alpha value is -0.900. The normalized spacial score (nSPS) is 27.6. The Balaban J connectivity index is 1.74. The highest BCUT2D eigenvalue weighted by molar-refractivity contribution is 5.17. The molecule has 1 atom stereocenters. The quantitative estimate of drug-likeness (QED) is 0.830. The molecule has 0 radical (unpaired) electrons. The third-order valence-corrected chi connectivity index (χ3v) is 4.04. The Morgan fingerprint density at radius 2 is 2.06 bits per heavy atom. The first-order valence-electron chi connectivity index (χ1n) is 6.25. The second kappa shape index (κ2) is 3.55. The molecule has 2 aliphatic rings. The van der Waals surface area contributed by atoms with Crippen molar-refractivity contribution in [3.05, 3.63) is 11.8 Å². The molecule has 1 N–H and O–H groups in total. The van der Waals surface area contributed by atoms with E-state index < -0.39 is 0 Å². The van der Waals surface area contributed by atoms with Crippen molar-refractivity contribution in [1.29, 1.82) is 0 Å². The lowest BCUT2D eigenvalue weighted by atomic mass is 9.92. The molecule has 16 heavy (non-hydrogen) atoms. The van der Waals surface area contributed by atoms with Crippen molar-refractivity contribution in [1.82, 2.24) is 15.5 Å². The Kier molecular flexibility index (Phi) is 2.28. The topological polar surface area (TPSA) is 51.0 Å². The van der Waals surface area contributed by atoms with Gasteiger partial charge in [-0.15, -0.1) is 10.2 Å². The molecule has 3 rings (SSSR count). The average Bonchev–Trinajstić information content (AvgIpc) is 2.79. The van der Waals surface area contributed by atoms with Gasteiger partial charge in [-0.2, -0.15) is 0 Å². The number of nitrogens with one attached hydrogen (secondary N) is 1. The maximum absolute atomic E-state index is 5.75. The van der Waals surface area contributed by atoms with E-state index in [9.17, 15) is 0 Å². The summed E-state index contributed by atoms with van der Waals surface area (Å²) in [6.45, 7) is 6.46. The van der Waals surface area contributed by atoms with Gasteiger partial charge in [-0.25, -0.2) is 0 Å². The molecule has 0 bridgehead atoms. The third-order valence-electron chi connectivity index (χ3n) is 4.04. The van der Waals surface area contributed by atoms with Crippen LogP contribution >= 0.6 is 0 Å². The number of hydrogen-bond donors (Lipinski definition) is 1. The molecule has 0 amide bonds. The zero-order valence-corrected chi connectivity index (χ0v) is 9.99. The summed E-state index contributed by atoms with van der Waals surface area (Å²) in [6, 6.07) is 0. The van der Waals surface area contributed by atoms with Crippen molar-refractivity contribution >= 4 is 0 Å². The zero-order valence-electron chi connectivity index (χ0n) is 9.99. The summed E-state index contributed by atoms with van der Waals surface area (Å²) in [6.07, 6.45) is 3.77. The first-order chi connectivity index (χ1) is 7.71. The van der Waals surface area contributed by atoms with Crippen LogP contribution in [0.1, 0.15) is 56.7 Å². The van der Waals surface area contributed by atoms with Crippen LogP contribution < -0.4 is 5.32 Å². The van der Waals surface area contributed by atoms with Crippen molar-refractivity contribution in [2.24, 2.45) is 5.41 Å². The van der Waals surface area contributed by atoms with Crippen molar-refractivity contribution in [3.63, 3.8) is 0 Å². The van der Waals surface area contributed by atoms with Crippen molar-refractivity contribution in [3.8, 4) is 0 Å². The van der Waals surface area contributed by atoms with Gasteiger partial charge in [0.15, 0.2) is 0 Å². The highest BCUT2D eigenvalue weighted by Crippen LogP contribution is 2.63. The van der Waals surface area contributed by atoms with E-state index in [1.54, 1.807) is 0 Å². The van der Waals surface area contributed by atoms with Crippen LogP contribution in [-0.2, 0) is 0 Å². The van der Waals surface area contributed by atoms with E-state index in [4.69, 9.17) is 4.42 Å². The van der Waals surface area contributed by atoms with E-state index in [1.165, 1.54) is 19.3 Å². The molecular formula is C12H19N3O. The summed E-state index contributed by atoms with van der Waals surface area (Å²) in [5.41, 5.74) is 0.492. The maximum atomic E-state index is 5.75. The molecule has 0 aromatic carbocycles. The van der Waals surface area contributed by atoms with E-state index in [-0.39, 0.29) is 0 Å². The molecule has 1 saturated carbocycles. The molecule has 1 saturated heterocycles. The smallest absolute Gasteiger partial charge is 0.220 e. The zero-order chi connectivity index (χ0) is 11.2. The summed E-state index contributed by atoms with van der Waals surface area (Å²) < 4.78 is 5.75. The minimum Gasteiger partial charge on any atom is -0.425 e. The fourth-order valence-electron chi connectivity index (χ4n) is 2.79. The molecule has 1 aromatic heterocycles. The molecular weight excluding hydrogens is 202 g/mol. The van der Waals surface area contributed by atoms with E-state index >= 15 is 0 Å². The Labute approximate surface area is 95.8 Å². The van der Waals surface area contributed by atoms with E-state index in [0.717, 1.165) is 24.9 Å². The molecule has 1 spiro atoms. The van der Waals surface area contributed by atoms with Gasteiger partial charge in [-0.05, 0) is 37.8 Å². The van der Waals surface area contributed by atoms with Crippen LogP contribution in [0.25, 0.3) is 0 Å². The Morgan fingerprint density at radius 1 is 1.31 bits per heavy atom. The molecule has 2 fully saturated rings. The van der Waals surface area contributed by atoms with Crippen molar-refractivity contribution in [2.75, 3.05) is 13.1 Å². The molecule has 4 heteroatoms. The first kappa shape index (κ1) is 10.3. The predicted molar refractivity (Wildman–Crippen MR) is 60.3 cm³/mol.